The Morgan fingerprint density at radius 1 is 1.47 bits per heavy atom. The van der Waals surface area contributed by atoms with Crippen LogP contribution in [-0.4, -0.2) is 32.7 Å². The van der Waals surface area contributed by atoms with Gasteiger partial charge in [0.1, 0.15) is 11.8 Å². The van der Waals surface area contributed by atoms with Crippen LogP contribution in [0.2, 0.25) is 0 Å². The van der Waals surface area contributed by atoms with Crippen molar-refractivity contribution >= 4 is 17.0 Å². The van der Waals surface area contributed by atoms with Crippen molar-refractivity contribution in [1.82, 2.24) is 19.5 Å². The molecule has 2 aromatic rings. The van der Waals surface area contributed by atoms with E-state index in [1.165, 1.54) is 6.33 Å². The summed E-state index contributed by atoms with van der Waals surface area (Å²) in [7, 11) is 1.67. The molecule has 2 N–H and O–H groups in total. The highest BCUT2D eigenvalue weighted by Gasteiger charge is 2.09. The molecule has 0 saturated heterocycles. The summed E-state index contributed by atoms with van der Waals surface area (Å²) in [5, 5.41) is 0. The third-order valence-corrected chi connectivity index (χ3v) is 2.29. The summed E-state index contributed by atoms with van der Waals surface area (Å²) in [5.74, 6) is 0.406. The van der Waals surface area contributed by atoms with Crippen molar-refractivity contribution < 1.29 is 4.74 Å². The lowest BCUT2D eigenvalue weighted by Gasteiger charge is -2.09. The van der Waals surface area contributed by atoms with Crippen LogP contribution >= 0.6 is 0 Å². The maximum atomic E-state index is 5.67. The molecule has 0 aliphatic carbocycles. The van der Waals surface area contributed by atoms with E-state index in [0.29, 0.717) is 17.9 Å². The summed E-state index contributed by atoms with van der Waals surface area (Å²) in [6, 6.07) is 0. The Bertz CT molecular complexity index is 466. The molecule has 0 aliphatic heterocycles. The predicted octanol–water partition coefficient (Wildman–Crippen LogP) is 0.443. The van der Waals surface area contributed by atoms with Gasteiger partial charge in [0.2, 0.25) is 0 Å². The minimum Gasteiger partial charge on any atom is -0.382 e. The van der Waals surface area contributed by atoms with Gasteiger partial charge in [-0.3, -0.25) is 0 Å². The molecular formula is C9H13N5O. The number of rotatable bonds is 3. The van der Waals surface area contributed by atoms with Crippen LogP contribution in [-0.2, 0) is 11.3 Å². The van der Waals surface area contributed by atoms with Crippen molar-refractivity contribution in [3.63, 3.8) is 0 Å². The number of nitrogens with zero attached hydrogens (tertiary/aromatic N) is 4. The van der Waals surface area contributed by atoms with Crippen LogP contribution in [0.15, 0.2) is 12.7 Å². The van der Waals surface area contributed by atoms with Gasteiger partial charge < -0.3 is 15.0 Å². The number of ether oxygens (including phenoxy) is 1. The minimum absolute atomic E-state index is 0.110. The van der Waals surface area contributed by atoms with Crippen LogP contribution < -0.4 is 5.73 Å². The Hall–Kier alpha value is -1.69. The Balaban J connectivity index is 2.41. The number of aromatic nitrogens is 4. The number of hydrogen-bond acceptors (Lipinski definition) is 5. The summed E-state index contributed by atoms with van der Waals surface area (Å²) in [4.78, 5) is 12.2. The van der Waals surface area contributed by atoms with Crippen LogP contribution in [0.3, 0.4) is 0 Å². The molecule has 0 radical (unpaired) electrons. The molecule has 2 aromatic heterocycles. The van der Waals surface area contributed by atoms with E-state index in [9.17, 15) is 0 Å². The number of nitrogens with two attached hydrogens (primary N) is 1. The lowest BCUT2D eigenvalue weighted by atomic mass is 10.4. The highest BCUT2D eigenvalue weighted by molar-refractivity contribution is 5.81. The molecule has 80 valence electrons. The number of hydrogen-bond donors (Lipinski definition) is 1. The highest BCUT2D eigenvalue weighted by Crippen LogP contribution is 2.14. The first-order valence-corrected chi connectivity index (χ1v) is 4.66. The standard InChI is InChI=1S/C9H13N5O/c1-6(15-2)3-14-5-13-7-8(10)11-4-12-9(7)14/h4-6H,3H2,1-2H3,(H2,10,11,12)/t6-/m1/s1. The predicted molar refractivity (Wildman–Crippen MR) is 56.2 cm³/mol. The van der Waals surface area contributed by atoms with Crippen LogP contribution in [0, 0.1) is 0 Å². The van der Waals surface area contributed by atoms with Crippen molar-refractivity contribution in [2.45, 2.75) is 19.6 Å². The third kappa shape index (κ3) is 1.75. The Morgan fingerprint density at radius 3 is 3.00 bits per heavy atom. The van der Waals surface area contributed by atoms with Crippen molar-refractivity contribution in [2.75, 3.05) is 12.8 Å². The fourth-order valence-corrected chi connectivity index (χ4v) is 1.38. The van der Waals surface area contributed by atoms with Gasteiger partial charge in [0, 0.05) is 7.11 Å². The average molecular weight is 207 g/mol. The smallest absolute Gasteiger partial charge is 0.165 e. The lowest BCUT2D eigenvalue weighted by Crippen LogP contribution is -2.14. The number of anilines is 1. The number of methoxy groups -OCH3 is 1. The zero-order valence-corrected chi connectivity index (χ0v) is 8.71. The maximum absolute atomic E-state index is 5.67. The first-order valence-electron chi connectivity index (χ1n) is 4.66. The van der Waals surface area contributed by atoms with E-state index >= 15 is 0 Å². The first kappa shape index (κ1) is 9.85. The molecule has 2 rings (SSSR count). The Morgan fingerprint density at radius 2 is 2.27 bits per heavy atom. The summed E-state index contributed by atoms with van der Waals surface area (Å²) in [6.45, 7) is 2.68. The quantitative estimate of drug-likeness (QED) is 0.790. The zero-order chi connectivity index (χ0) is 10.8. The lowest BCUT2D eigenvalue weighted by molar-refractivity contribution is 0.104. The number of fused-ring (bicyclic) bond motifs is 1. The summed E-state index contributed by atoms with van der Waals surface area (Å²) in [6.07, 6.45) is 3.25. The van der Waals surface area contributed by atoms with Crippen LogP contribution in [0.4, 0.5) is 5.82 Å². The average Bonchev–Trinajstić information content (AvgIpc) is 2.63. The largest absolute Gasteiger partial charge is 0.382 e. The van der Waals surface area contributed by atoms with Gasteiger partial charge >= 0.3 is 0 Å². The molecule has 0 fully saturated rings. The van der Waals surface area contributed by atoms with E-state index in [1.807, 2.05) is 11.5 Å². The fraction of sp³-hybridized carbons (Fsp3) is 0.444. The number of imidazole rings is 1. The minimum atomic E-state index is 0.110. The topological polar surface area (TPSA) is 78.9 Å². The second kappa shape index (κ2) is 3.82. The van der Waals surface area contributed by atoms with E-state index in [2.05, 4.69) is 15.0 Å². The molecule has 0 bridgehead atoms. The van der Waals surface area contributed by atoms with Gasteiger partial charge in [-0.15, -0.1) is 0 Å². The van der Waals surface area contributed by atoms with Gasteiger partial charge in [0.05, 0.1) is 19.0 Å². The Kier molecular flexibility index (Phi) is 2.51. The van der Waals surface area contributed by atoms with Gasteiger partial charge in [-0.25, -0.2) is 15.0 Å². The van der Waals surface area contributed by atoms with Crippen molar-refractivity contribution in [3.8, 4) is 0 Å². The summed E-state index contributed by atoms with van der Waals surface area (Å²) < 4.78 is 7.08. The van der Waals surface area contributed by atoms with Gasteiger partial charge in [-0.1, -0.05) is 0 Å². The van der Waals surface area contributed by atoms with E-state index < -0.39 is 0 Å². The van der Waals surface area contributed by atoms with Crippen molar-refractivity contribution in [3.05, 3.63) is 12.7 Å². The molecule has 6 nitrogen and oxygen atoms in total. The molecule has 0 amide bonds. The summed E-state index contributed by atoms with van der Waals surface area (Å²) in [5.41, 5.74) is 7.06. The van der Waals surface area contributed by atoms with Crippen LogP contribution in [0.1, 0.15) is 6.92 Å². The normalized spacial score (nSPS) is 13.2. The summed E-state index contributed by atoms with van der Waals surface area (Å²) >= 11 is 0. The molecule has 0 aromatic carbocycles. The third-order valence-electron chi connectivity index (χ3n) is 2.29. The molecule has 2 heterocycles. The van der Waals surface area contributed by atoms with E-state index in [-0.39, 0.29) is 6.10 Å². The van der Waals surface area contributed by atoms with Crippen molar-refractivity contribution in [2.24, 2.45) is 0 Å². The molecule has 0 saturated carbocycles. The molecule has 0 aliphatic rings. The van der Waals surface area contributed by atoms with Crippen LogP contribution in [0.25, 0.3) is 11.2 Å². The zero-order valence-electron chi connectivity index (χ0n) is 8.71. The van der Waals surface area contributed by atoms with Gasteiger partial charge in [-0.05, 0) is 6.92 Å². The molecule has 0 spiro atoms. The molecule has 6 heteroatoms. The second-order valence-electron chi connectivity index (χ2n) is 3.37. The van der Waals surface area contributed by atoms with Crippen molar-refractivity contribution in [1.29, 1.82) is 0 Å². The SMILES string of the molecule is CO[C@H](C)Cn1cnc2c(N)ncnc21. The second-order valence-corrected chi connectivity index (χ2v) is 3.37. The molecule has 0 unspecified atom stereocenters. The monoisotopic (exact) mass is 207 g/mol. The maximum Gasteiger partial charge on any atom is 0.165 e. The fourth-order valence-electron chi connectivity index (χ4n) is 1.38. The number of nitrogen functional groups attached to an aromatic ring is 1. The van der Waals surface area contributed by atoms with Gasteiger partial charge in [0.25, 0.3) is 0 Å². The van der Waals surface area contributed by atoms with E-state index in [4.69, 9.17) is 10.5 Å². The van der Waals surface area contributed by atoms with Gasteiger partial charge in [0.15, 0.2) is 11.5 Å². The van der Waals surface area contributed by atoms with Crippen LogP contribution in [0.5, 0.6) is 0 Å². The molecule has 1 atom stereocenters. The van der Waals surface area contributed by atoms with E-state index in [1.54, 1.807) is 13.4 Å². The first-order chi connectivity index (χ1) is 7.22. The Labute approximate surface area is 87.1 Å². The molecular weight excluding hydrogens is 194 g/mol. The molecule has 15 heavy (non-hydrogen) atoms. The van der Waals surface area contributed by atoms with Gasteiger partial charge in [-0.2, -0.15) is 0 Å². The van der Waals surface area contributed by atoms with E-state index in [0.717, 1.165) is 5.65 Å². The highest BCUT2D eigenvalue weighted by atomic mass is 16.5.